The number of hydrogen-bond acceptors (Lipinski definition) is 3. The molecule has 5 heteroatoms. The summed E-state index contributed by atoms with van der Waals surface area (Å²) in [6, 6.07) is 3.58. The smallest absolute Gasteiger partial charge is 0.184 e. The van der Waals surface area contributed by atoms with Crippen molar-refractivity contribution in [2.75, 3.05) is 7.05 Å². The fourth-order valence-electron chi connectivity index (χ4n) is 0.884. The summed E-state index contributed by atoms with van der Waals surface area (Å²) >= 11 is 5.65. The van der Waals surface area contributed by atoms with Crippen LogP contribution in [0.2, 0.25) is 5.15 Å². The van der Waals surface area contributed by atoms with Crippen molar-refractivity contribution in [3.8, 4) is 6.19 Å². The SMILES string of the molecule is CC(=NCc1ccc(Cl)nc1)N(C)C#N. The van der Waals surface area contributed by atoms with Crippen LogP contribution in [0.25, 0.3) is 0 Å². The van der Waals surface area contributed by atoms with Gasteiger partial charge >= 0.3 is 0 Å². The molecule has 1 aromatic heterocycles. The van der Waals surface area contributed by atoms with Gasteiger partial charge in [0.1, 0.15) is 11.0 Å². The maximum atomic E-state index is 8.60. The molecule has 0 fully saturated rings. The Hall–Kier alpha value is -1.60. The molecule has 78 valence electrons. The number of nitriles is 1. The van der Waals surface area contributed by atoms with Gasteiger partial charge in [0.25, 0.3) is 0 Å². The predicted molar refractivity (Wildman–Crippen MR) is 59.4 cm³/mol. The molecule has 0 unspecified atom stereocenters. The minimum absolute atomic E-state index is 0.466. The Morgan fingerprint density at radius 1 is 1.67 bits per heavy atom. The molecule has 0 spiro atoms. The summed E-state index contributed by atoms with van der Waals surface area (Å²) in [6.07, 6.45) is 3.65. The molecule has 0 aliphatic carbocycles. The number of aromatic nitrogens is 1. The van der Waals surface area contributed by atoms with E-state index in [1.807, 2.05) is 12.3 Å². The fourth-order valence-corrected chi connectivity index (χ4v) is 0.996. The van der Waals surface area contributed by atoms with E-state index in [1.54, 1.807) is 26.2 Å². The normalized spacial score (nSPS) is 10.9. The van der Waals surface area contributed by atoms with Gasteiger partial charge in [0, 0.05) is 13.2 Å². The lowest BCUT2D eigenvalue weighted by atomic mass is 10.3. The van der Waals surface area contributed by atoms with Gasteiger partial charge in [-0.15, -0.1) is 0 Å². The standard InChI is InChI=1S/C10H11ClN4/c1-8(15(2)7-12)13-5-9-3-4-10(11)14-6-9/h3-4,6H,5H2,1-2H3. The average molecular weight is 223 g/mol. The third kappa shape index (κ3) is 3.56. The van der Waals surface area contributed by atoms with Gasteiger partial charge in [-0.05, 0) is 18.6 Å². The molecule has 1 heterocycles. The second kappa shape index (κ2) is 5.32. The molecule has 4 nitrogen and oxygen atoms in total. The van der Waals surface area contributed by atoms with E-state index in [0.717, 1.165) is 5.56 Å². The van der Waals surface area contributed by atoms with E-state index in [-0.39, 0.29) is 0 Å². The molecule has 0 saturated heterocycles. The lowest BCUT2D eigenvalue weighted by Gasteiger charge is -2.07. The van der Waals surface area contributed by atoms with Crippen LogP contribution < -0.4 is 0 Å². The van der Waals surface area contributed by atoms with Crippen molar-refractivity contribution in [1.82, 2.24) is 9.88 Å². The number of aliphatic imine (C=N–C) groups is 1. The molecular formula is C10H11ClN4. The number of hydrogen-bond donors (Lipinski definition) is 0. The highest BCUT2D eigenvalue weighted by atomic mass is 35.5. The highest BCUT2D eigenvalue weighted by Gasteiger charge is 1.98. The quantitative estimate of drug-likeness (QED) is 0.253. The first-order valence-corrected chi connectivity index (χ1v) is 4.76. The van der Waals surface area contributed by atoms with Crippen LogP contribution in [-0.4, -0.2) is 22.8 Å². The molecule has 0 radical (unpaired) electrons. The molecule has 0 aliphatic rings. The Morgan fingerprint density at radius 2 is 2.40 bits per heavy atom. The number of halogens is 1. The molecular weight excluding hydrogens is 212 g/mol. The molecule has 1 aromatic rings. The van der Waals surface area contributed by atoms with Crippen molar-refractivity contribution < 1.29 is 0 Å². The van der Waals surface area contributed by atoms with Gasteiger partial charge in [-0.1, -0.05) is 17.7 Å². The molecule has 0 aliphatic heterocycles. The van der Waals surface area contributed by atoms with Crippen molar-refractivity contribution in [2.45, 2.75) is 13.5 Å². The summed E-state index contributed by atoms with van der Waals surface area (Å²) in [4.78, 5) is 9.58. The van der Waals surface area contributed by atoms with Gasteiger partial charge in [-0.25, -0.2) is 4.98 Å². The van der Waals surface area contributed by atoms with Crippen LogP contribution in [0.15, 0.2) is 23.3 Å². The van der Waals surface area contributed by atoms with Crippen molar-refractivity contribution in [3.63, 3.8) is 0 Å². The molecule has 0 amide bonds. The van der Waals surface area contributed by atoms with Gasteiger partial charge in [-0.3, -0.25) is 9.89 Å². The number of rotatable bonds is 2. The van der Waals surface area contributed by atoms with E-state index >= 15 is 0 Å². The number of pyridine rings is 1. The molecule has 0 atom stereocenters. The van der Waals surface area contributed by atoms with Gasteiger partial charge in [0.15, 0.2) is 6.19 Å². The van der Waals surface area contributed by atoms with Gasteiger partial charge in [0.05, 0.1) is 6.54 Å². The number of nitrogens with zero attached hydrogens (tertiary/aromatic N) is 4. The largest absolute Gasteiger partial charge is 0.270 e. The summed E-state index contributed by atoms with van der Waals surface area (Å²) in [7, 11) is 1.67. The lowest BCUT2D eigenvalue weighted by molar-refractivity contribution is 0.697. The fraction of sp³-hybridized carbons (Fsp3) is 0.300. The monoisotopic (exact) mass is 222 g/mol. The van der Waals surface area contributed by atoms with Crippen LogP contribution in [0.4, 0.5) is 0 Å². The van der Waals surface area contributed by atoms with Crippen LogP contribution in [0.5, 0.6) is 0 Å². The van der Waals surface area contributed by atoms with Crippen LogP contribution in [0.3, 0.4) is 0 Å². The van der Waals surface area contributed by atoms with E-state index in [9.17, 15) is 0 Å². The minimum Gasteiger partial charge on any atom is -0.270 e. The summed E-state index contributed by atoms with van der Waals surface area (Å²) < 4.78 is 0. The third-order valence-electron chi connectivity index (χ3n) is 1.91. The highest BCUT2D eigenvalue weighted by Crippen LogP contribution is 2.06. The van der Waals surface area contributed by atoms with Crippen molar-refractivity contribution in [1.29, 1.82) is 5.26 Å². The van der Waals surface area contributed by atoms with Crippen molar-refractivity contribution >= 4 is 17.4 Å². The Labute approximate surface area is 93.8 Å². The second-order valence-electron chi connectivity index (χ2n) is 3.01. The second-order valence-corrected chi connectivity index (χ2v) is 3.40. The maximum Gasteiger partial charge on any atom is 0.184 e. The molecule has 0 saturated carbocycles. The Balaban J connectivity index is 2.64. The van der Waals surface area contributed by atoms with Crippen LogP contribution in [0.1, 0.15) is 12.5 Å². The molecule has 1 rings (SSSR count). The van der Waals surface area contributed by atoms with Crippen molar-refractivity contribution in [3.05, 3.63) is 29.0 Å². The van der Waals surface area contributed by atoms with Gasteiger partial charge in [-0.2, -0.15) is 5.26 Å². The van der Waals surface area contributed by atoms with E-state index in [2.05, 4.69) is 9.98 Å². The van der Waals surface area contributed by atoms with Crippen LogP contribution >= 0.6 is 11.6 Å². The van der Waals surface area contributed by atoms with Gasteiger partial charge in [0.2, 0.25) is 0 Å². The van der Waals surface area contributed by atoms with Gasteiger partial charge < -0.3 is 0 Å². The van der Waals surface area contributed by atoms with Crippen molar-refractivity contribution in [2.24, 2.45) is 4.99 Å². The zero-order valence-electron chi connectivity index (χ0n) is 8.61. The predicted octanol–water partition coefficient (Wildman–Crippen LogP) is 2.07. The first kappa shape index (κ1) is 11.5. The molecule has 0 aromatic carbocycles. The Kier molecular flexibility index (Phi) is 4.07. The van der Waals surface area contributed by atoms with Crippen LogP contribution in [0, 0.1) is 11.5 Å². The first-order chi connectivity index (χ1) is 7.13. The summed E-state index contributed by atoms with van der Waals surface area (Å²) in [5.41, 5.74) is 0.963. The van der Waals surface area contributed by atoms with E-state index in [0.29, 0.717) is 17.5 Å². The molecule has 15 heavy (non-hydrogen) atoms. The van der Waals surface area contributed by atoms with E-state index < -0.39 is 0 Å². The number of amidine groups is 1. The Bertz CT molecular complexity index is 391. The topological polar surface area (TPSA) is 52.3 Å². The zero-order valence-corrected chi connectivity index (χ0v) is 9.36. The van der Waals surface area contributed by atoms with Crippen LogP contribution in [-0.2, 0) is 6.54 Å². The minimum atomic E-state index is 0.466. The van der Waals surface area contributed by atoms with E-state index in [4.69, 9.17) is 16.9 Å². The summed E-state index contributed by atoms with van der Waals surface area (Å²) in [5.74, 6) is 0.674. The molecule has 0 bridgehead atoms. The summed E-state index contributed by atoms with van der Waals surface area (Å²) in [5, 5.41) is 9.07. The summed E-state index contributed by atoms with van der Waals surface area (Å²) in [6.45, 7) is 2.29. The highest BCUT2D eigenvalue weighted by molar-refractivity contribution is 6.29. The Morgan fingerprint density at radius 3 is 2.93 bits per heavy atom. The lowest BCUT2D eigenvalue weighted by Crippen LogP contribution is -2.17. The zero-order chi connectivity index (χ0) is 11.3. The maximum absolute atomic E-state index is 8.60. The molecule has 0 N–H and O–H groups in total. The van der Waals surface area contributed by atoms with E-state index in [1.165, 1.54) is 4.90 Å². The average Bonchev–Trinajstić information content (AvgIpc) is 2.26. The first-order valence-electron chi connectivity index (χ1n) is 4.38. The third-order valence-corrected chi connectivity index (χ3v) is 2.14.